The molecular formula is C27H33N3O3S. The summed E-state index contributed by atoms with van der Waals surface area (Å²) in [7, 11) is -3.43. The second kappa shape index (κ2) is 9.47. The van der Waals surface area contributed by atoms with Gasteiger partial charge in [0.15, 0.2) is 0 Å². The maximum Gasteiger partial charge on any atom is 0.257 e. The third-order valence-electron chi connectivity index (χ3n) is 6.52. The minimum absolute atomic E-state index is 0.0259. The van der Waals surface area contributed by atoms with Crippen LogP contribution in [0.5, 0.6) is 0 Å². The molecule has 2 aromatic carbocycles. The first-order valence-electron chi connectivity index (χ1n) is 11.8. The Balaban J connectivity index is 1.78. The highest BCUT2D eigenvalue weighted by molar-refractivity contribution is 7.88. The monoisotopic (exact) mass is 479 g/mol. The minimum Gasteiger partial charge on any atom is -0.296 e. The van der Waals surface area contributed by atoms with Crippen LogP contribution in [0, 0.1) is 13.8 Å². The summed E-state index contributed by atoms with van der Waals surface area (Å²) in [5.74, 6) is -0.292. The van der Waals surface area contributed by atoms with Crippen molar-refractivity contribution < 1.29 is 8.42 Å². The highest BCUT2D eigenvalue weighted by atomic mass is 32.2. The first kappa shape index (κ1) is 24.4. The van der Waals surface area contributed by atoms with Gasteiger partial charge in [-0.3, -0.25) is 9.36 Å². The van der Waals surface area contributed by atoms with Crippen LogP contribution in [0.4, 0.5) is 0 Å². The van der Waals surface area contributed by atoms with Crippen molar-refractivity contribution >= 4 is 10.0 Å². The fraction of sp³-hybridized carbons (Fsp3) is 0.407. The summed E-state index contributed by atoms with van der Waals surface area (Å²) < 4.78 is 28.8. The van der Waals surface area contributed by atoms with Crippen molar-refractivity contribution in [1.29, 1.82) is 0 Å². The molecule has 0 bridgehead atoms. The van der Waals surface area contributed by atoms with Crippen LogP contribution < -0.4 is 10.3 Å². The molecule has 3 aromatic rings. The highest BCUT2D eigenvalue weighted by Crippen LogP contribution is 2.33. The Morgan fingerprint density at radius 3 is 2.44 bits per heavy atom. The molecule has 180 valence electrons. The number of nitrogens with zero attached hydrogens (tertiary/aromatic N) is 2. The van der Waals surface area contributed by atoms with Crippen molar-refractivity contribution in [3.8, 4) is 11.1 Å². The molecule has 2 atom stereocenters. The Morgan fingerprint density at radius 1 is 1.09 bits per heavy atom. The number of benzene rings is 2. The van der Waals surface area contributed by atoms with Crippen LogP contribution >= 0.6 is 0 Å². The van der Waals surface area contributed by atoms with Crippen molar-refractivity contribution in [2.75, 3.05) is 6.26 Å². The van der Waals surface area contributed by atoms with Crippen molar-refractivity contribution in [2.24, 2.45) is 0 Å². The number of nitrogens with one attached hydrogen (secondary N) is 1. The SMILES string of the molecule is Cc1cc(C)cc(-c2cccc(CC3c4c(ncn(C(C)C)c4=O)CCC3NS(C)(=O)=O)c2)c1. The van der Waals surface area contributed by atoms with Crippen molar-refractivity contribution in [2.45, 2.75) is 65.0 Å². The third kappa shape index (κ3) is 5.31. The normalized spacial score (nSPS) is 18.2. The fourth-order valence-electron chi connectivity index (χ4n) is 5.08. The van der Waals surface area contributed by atoms with E-state index in [2.05, 4.69) is 60.0 Å². The standard InChI is InChI=1S/C27H33N3O3S/c1-17(2)30-16-28-25-10-9-24(29-34(5,32)33)23(26(25)27(30)31)15-20-7-6-8-21(14-20)22-12-18(3)11-19(4)13-22/h6-8,11-14,16-17,23-24,29H,9-10,15H2,1-5H3. The summed E-state index contributed by atoms with van der Waals surface area (Å²) in [4.78, 5) is 18.1. The second-order valence-corrected chi connectivity index (χ2v) is 11.6. The molecule has 0 spiro atoms. The van der Waals surface area contributed by atoms with Gasteiger partial charge < -0.3 is 0 Å². The lowest BCUT2D eigenvalue weighted by molar-refractivity contribution is 0.413. The third-order valence-corrected chi connectivity index (χ3v) is 7.25. The molecule has 0 saturated heterocycles. The van der Waals surface area contributed by atoms with Crippen molar-refractivity contribution in [3.05, 3.63) is 87.1 Å². The Hall–Kier alpha value is -2.77. The Labute approximate surface area is 202 Å². The number of aryl methyl sites for hydroxylation is 3. The smallest absolute Gasteiger partial charge is 0.257 e. The van der Waals surface area contributed by atoms with Gasteiger partial charge in [0.25, 0.3) is 5.56 Å². The van der Waals surface area contributed by atoms with E-state index in [1.807, 2.05) is 19.9 Å². The molecule has 0 amide bonds. The van der Waals surface area contributed by atoms with Gasteiger partial charge in [0.1, 0.15) is 0 Å². The lowest BCUT2D eigenvalue weighted by Gasteiger charge is -2.33. The zero-order valence-electron chi connectivity index (χ0n) is 20.5. The molecule has 7 heteroatoms. The van der Waals surface area contributed by atoms with E-state index in [-0.39, 0.29) is 23.6 Å². The average Bonchev–Trinajstić information content (AvgIpc) is 2.74. The summed E-state index contributed by atoms with van der Waals surface area (Å²) in [5, 5.41) is 0. The average molecular weight is 480 g/mol. The largest absolute Gasteiger partial charge is 0.296 e. The van der Waals surface area contributed by atoms with Crippen LogP contribution in [-0.4, -0.2) is 30.3 Å². The molecule has 34 heavy (non-hydrogen) atoms. The first-order chi connectivity index (χ1) is 16.0. The van der Waals surface area contributed by atoms with Gasteiger partial charge in [-0.1, -0.05) is 53.6 Å². The van der Waals surface area contributed by atoms with Gasteiger partial charge in [0.2, 0.25) is 10.0 Å². The van der Waals surface area contributed by atoms with Crippen LogP contribution in [0.2, 0.25) is 0 Å². The number of rotatable bonds is 6. The number of hydrogen-bond acceptors (Lipinski definition) is 4. The summed E-state index contributed by atoms with van der Waals surface area (Å²) in [6.07, 6.45) is 4.54. The molecule has 0 radical (unpaired) electrons. The molecule has 1 aliphatic carbocycles. The molecule has 2 unspecified atom stereocenters. The molecule has 0 fully saturated rings. The molecule has 1 N–H and O–H groups in total. The van der Waals surface area contributed by atoms with E-state index in [1.54, 1.807) is 10.9 Å². The number of hydrogen-bond donors (Lipinski definition) is 1. The predicted octanol–water partition coefficient (Wildman–Crippen LogP) is 4.30. The van der Waals surface area contributed by atoms with Gasteiger partial charge in [-0.05, 0) is 63.6 Å². The molecule has 1 aromatic heterocycles. The number of aromatic nitrogens is 2. The lowest BCUT2D eigenvalue weighted by atomic mass is 9.78. The van der Waals surface area contributed by atoms with Crippen molar-refractivity contribution in [1.82, 2.24) is 14.3 Å². The summed E-state index contributed by atoms with van der Waals surface area (Å²) in [5.41, 5.74) is 7.09. The predicted molar refractivity (Wildman–Crippen MR) is 137 cm³/mol. The minimum atomic E-state index is -3.43. The van der Waals surface area contributed by atoms with E-state index in [9.17, 15) is 13.2 Å². The Kier molecular flexibility index (Phi) is 6.78. The first-order valence-corrected chi connectivity index (χ1v) is 13.7. The van der Waals surface area contributed by atoms with E-state index in [1.165, 1.54) is 17.4 Å². The van der Waals surface area contributed by atoms with E-state index in [0.29, 0.717) is 24.8 Å². The second-order valence-electron chi connectivity index (χ2n) is 9.83. The maximum absolute atomic E-state index is 13.5. The van der Waals surface area contributed by atoms with Crippen LogP contribution in [0.1, 0.15) is 60.2 Å². The van der Waals surface area contributed by atoms with Gasteiger partial charge in [0.05, 0.1) is 18.3 Å². The van der Waals surface area contributed by atoms with Gasteiger partial charge in [0, 0.05) is 23.6 Å². The van der Waals surface area contributed by atoms with Crippen LogP contribution in [0.25, 0.3) is 11.1 Å². The summed E-state index contributed by atoms with van der Waals surface area (Å²) in [6, 6.07) is 14.4. The summed E-state index contributed by atoms with van der Waals surface area (Å²) in [6.45, 7) is 8.08. The summed E-state index contributed by atoms with van der Waals surface area (Å²) >= 11 is 0. The maximum atomic E-state index is 13.5. The molecule has 0 aliphatic heterocycles. The lowest BCUT2D eigenvalue weighted by Crippen LogP contribution is -2.45. The molecule has 4 rings (SSSR count). The number of fused-ring (bicyclic) bond motifs is 1. The van der Waals surface area contributed by atoms with Gasteiger partial charge in [-0.25, -0.2) is 18.1 Å². The van der Waals surface area contributed by atoms with E-state index < -0.39 is 10.0 Å². The molecule has 6 nitrogen and oxygen atoms in total. The van der Waals surface area contributed by atoms with Gasteiger partial charge in [-0.2, -0.15) is 0 Å². The fourth-order valence-corrected chi connectivity index (χ4v) is 5.92. The molecule has 1 aliphatic rings. The van der Waals surface area contributed by atoms with Gasteiger partial charge in [-0.15, -0.1) is 0 Å². The van der Waals surface area contributed by atoms with E-state index in [4.69, 9.17) is 0 Å². The Morgan fingerprint density at radius 2 is 1.79 bits per heavy atom. The van der Waals surface area contributed by atoms with Crippen LogP contribution in [0.3, 0.4) is 0 Å². The number of sulfonamides is 1. The zero-order valence-corrected chi connectivity index (χ0v) is 21.3. The molecule has 1 heterocycles. The van der Waals surface area contributed by atoms with Crippen LogP contribution in [0.15, 0.2) is 53.6 Å². The zero-order chi connectivity index (χ0) is 24.6. The van der Waals surface area contributed by atoms with E-state index >= 15 is 0 Å². The van der Waals surface area contributed by atoms with Gasteiger partial charge >= 0.3 is 0 Å². The quantitative estimate of drug-likeness (QED) is 0.572. The topological polar surface area (TPSA) is 81.1 Å². The van der Waals surface area contributed by atoms with E-state index in [0.717, 1.165) is 22.4 Å². The van der Waals surface area contributed by atoms with Crippen LogP contribution in [-0.2, 0) is 22.9 Å². The Bertz CT molecular complexity index is 1360. The highest BCUT2D eigenvalue weighted by Gasteiger charge is 2.35. The van der Waals surface area contributed by atoms with Crippen molar-refractivity contribution in [3.63, 3.8) is 0 Å². The molecule has 0 saturated carbocycles. The molecular weight excluding hydrogens is 446 g/mol.